The molecule has 0 aromatic heterocycles. The molecule has 1 aromatic rings. The van der Waals surface area contributed by atoms with Gasteiger partial charge in [-0.15, -0.1) is 0 Å². The van der Waals surface area contributed by atoms with Gasteiger partial charge in [-0.3, -0.25) is 9.59 Å². The number of rotatable bonds is 4. The van der Waals surface area contributed by atoms with E-state index in [9.17, 15) is 14.7 Å². The molecule has 5 atom stereocenters. The average Bonchev–Trinajstić information content (AvgIpc) is 3.07. The van der Waals surface area contributed by atoms with E-state index in [-0.39, 0.29) is 24.2 Å². The molecule has 124 valence electrons. The standard InChI is InChI=1S/C18H23NO4/c1-9-4-5-12(10(2)8-9)11(3)19-17(20)15-13-6-7-14(23-13)16(15)18(21)22/h4-5,8,11,13-16H,6-7H2,1-3H3,(H,19,20)(H,21,22)/t11-,13-,14-,15+,16-/m0/s1. The highest BCUT2D eigenvalue weighted by Gasteiger charge is 2.55. The second-order valence-electron chi connectivity index (χ2n) is 6.77. The minimum atomic E-state index is -0.934. The molecule has 0 radical (unpaired) electrons. The lowest BCUT2D eigenvalue weighted by Gasteiger charge is -2.26. The van der Waals surface area contributed by atoms with Gasteiger partial charge in [-0.05, 0) is 44.7 Å². The Morgan fingerprint density at radius 2 is 1.87 bits per heavy atom. The van der Waals surface area contributed by atoms with Crippen LogP contribution in [-0.4, -0.2) is 29.2 Å². The molecule has 2 saturated heterocycles. The van der Waals surface area contributed by atoms with Crippen LogP contribution in [0, 0.1) is 25.7 Å². The van der Waals surface area contributed by atoms with Gasteiger partial charge in [-0.2, -0.15) is 0 Å². The number of carboxylic acid groups (broad SMARTS) is 1. The predicted molar refractivity (Wildman–Crippen MR) is 85.0 cm³/mol. The van der Waals surface area contributed by atoms with Gasteiger partial charge >= 0.3 is 5.97 Å². The molecule has 2 aliphatic heterocycles. The van der Waals surface area contributed by atoms with E-state index < -0.39 is 17.8 Å². The van der Waals surface area contributed by atoms with Crippen LogP contribution >= 0.6 is 0 Å². The molecule has 2 N–H and O–H groups in total. The smallest absolute Gasteiger partial charge is 0.310 e. The van der Waals surface area contributed by atoms with E-state index >= 15 is 0 Å². The lowest BCUT2D eigenvalue weighted by Crippen LogP contribution is -2.44. The van der Waals surface area contributed by atoms with Crippen molar-refractivity contribution < 1.29 is 19.4 Å². The van der Waals surface area contributed by atoms with Crippen LogP contribution in [0.15, 0.2) is 18.2 Å². The fourth-order valence-corrected chi connectivity index (χ4v) is 4.02. The third-order valence-corrected chi connectivity index (χ3v) is 5.11. The first-order valence-corrected chi connectivity index (χ1v) is 8.14. The van der Waals surface area contributed by atoms with Crippen molar-refractivity contribution in [3.05, 3.63) is 34.9 Å². The molecule has 0 aliphatic carbocycles. The van der Waals surface area contributed by atoms with Gasteiger partial charge in [0.15, 0.2) is 0 Å². The normalized spacial score (nSPS) is 30.2. The molecule has 5 heteroatoms. The zero-order valence-corrected chi connectivity index (χ0v) is 13.7. The van der Waals surface area contributed by atoms with E-state index in [0.717, 1.165) is 24.0 Å². The number of carboxylic acids is 1. The van der Waals surface area contributed by atoms with Crippen LogP contribution in [0.4, 0.5) is 0 Å². The van der Waals surface area contributed by atoms with Crippen molar-refractivity contribution in [1.82, 2.24) is 5.32 Å². The second-order valence-corrected chi connectivity index (χ2v) is 6.77. The Morgan fingerprint density at radius 1 is 1.22 bits per heavy atom. The molecule has 1 amide bonds. The summed E-state index contributed by atoms with van der Waals surface area (Å²) < 4.78 is 5.67. The Labute approximate surface area is 136 Å². The maximum atomic E-state index is 12.7. The van der Waals surface area contributed by atoms with Crippen molar-refractivity contribution in [1.29, 1.82) is 0 Å². The number of aryl methyl sites for hydroxylation is 2. The summed E-state index contributed by atoms with van der Waals surface area (Å²) >= 11 is 0. The summed E-state index contributed by atoms with van der Waals surface area (Å²) in [4.78, 5) is 24.2. The van der Waals surface area contributed by atoms with Gasteiger partial charge in [0.2, 0.25) is 5.91 Å². The fourth-order valence-electron chi connectivity index (χ4n) is 4.02. The number of nitrogens with one attached hydrogen (secondary N) is 1. The Balaban J connectivity index is 1.74. The number of aliphatic carboxylic acids is 1. The van der Waals surface area contributed by atoms with Gasteiger partial charge in [0.05, 0.1) is 30.1 Å². The average molecular weight is 317 g/mol. The molecular weight excluding hydrogens is 294 g/mol. The van der Waals surface area contributed by atoms with E-state index in [1.165, 1.54) is 5.56 Å². The molecule has 5 nitrogen and oxygen atoms in total. The van der Waals surface area contributed by atoms with E-state index in [1.54, 1.807) is 0 Å². The number of hydrogen-bond donors (Lipinski definition) is 2. The van der Waals surface area contributed by atoms with Gasteiger partial charge < -0.3 is 15.2 Å². The van der Waals surface area contributed by atoms with E-state index in [0.29, 0.717) is 0 Å². The van der Waals surface area contributed by atoms with Crippen molar-refractivity contribution in [3.8, 4) is 0 Å². The molecule has 2 bridgehead atoms. The van der Waals surface area contributed by atoms with Crippen molar-refractivity contribution in [2.24, 2.45) is 11.8 Å². The highest BCUT2D eigenvalue weighted by molar-refractivity contribution is 5.86. The zero-order valence-electron chi connectivity index (χ0n) is 13.7. The Hall–Kier alpha value is -1.88. The lowest BCUT2D eigenvalue weighted by molar-refractivity contribution is -0.148. The minimum Gasteiger partial charge on any atom is -0.481 e. The SMILES string of the molecule is Cc1ccc([C@H](C)NC(=O)[C@H]2[C@@H](C(=O)O)[C@@H]3CC[C@@H]2O3)c(C)c1. The molecule has 23 heavy (non-hydrogen) atoms. The first kappa shape index (κ1) is 16.0. The summed E-state index contributed by atoms with van der Waals surface area (Å²) in [6.45, 7) is 5.98. The van der Waals surface area contributed by atoms with E-state index in [4.69, 9.17) is 4.74 Å². The fraction of sp³-hybridized carbons (Fsp3) is 0.556. The number of ether oxygens (including phenoxy) is 1. The minimum absolute atomic E-state index is 0.156. The lowest BCUT2D eigenvalue weighted by atomic mass is 9.78. The summed E-state index contributed by atoms with van der Waals surface area (Å²) in [6, 6.07) is 5.96. The first-order valence-electron chi connectivity index (χ1n) is 8.14. The molecule has 3 rings (SSSR count). The Kier molecular flexibility index (Phi) is 4.15. The van der Waals surface area contributed by atoms with Crippen LogP contribution in [0.3, 0.4) is 0 Å². The summed E-state index contributed by atoms with van der Waals surface area (Å²) in [5.41, 5.74) is 3.36. The van der Waals surface area contributed by atoms with Gasteiger partial charge in [0.25, 0.3) is 0 Å². The molecule has 2 heterocycles. The van der Waals surface area contributed by atoms with Gasteiger partial charge in [-0.25, -0.2) is 0 Å². The highest BCUT2D eigenvalue weighted by Crippen LogP contribution is 2.43. The quantitative estimate of drug-likeness (QED) is 0.894. The monoisotopic (exact) mass is 317 g/mol. The molecule has 2 aliphatic rings. The van der Waals surface area contributed by atoms with Crippen LogP contribution in [0.1, 0.15) is 42.5 Å². The van der Waals surface area contributed by atoms with Crippen LogP contribution < -0.4 is 5.32 Å². The predicted octanol–water partition coefficient (Wildman–Crippen LogP) is 2.36. The maximum absolute atomic E-state index is 12.7. The van der Waals surface area contributed by atoms with Crippen LogP contribution in [0.25, 0.3) is 0 Å². The number of benzene rings is 1. The van der Waals surface area contributed by atoms with Gasteiger partial charge in [0, 0.05) is 0 Å². The topological polar surface area (TPSA) is 75.6 Å². The van der Waals surface area contributed by atoms with Crippen LogP contribution in [0.5, 0.6) is 0 Å². The van der Waals surface area contributed by atoms with Gasteiger partial charge in [-0.1, -0.05) is 23.8 Å². The number of fused-ring (bicyclic) bond motifs is 2. The Morgan fingerprint density at radius 3 is 2.48 bits per heavy atom. The highest BCUT2D eigenvalue weighted by atomic mass is 16.5. The molecule has 0 unspecified atom stereocenters. The summed E-state index contributed by atoms with van der Waals surface area (Å²) in [5, 5.41) is 12.4. The van der Waals surface area contributed by atoms with Crippen molar-refractivity contribution >= 4 is 11.9 Å². The third-order valence-electron chi connectivity index (χ3n) is 5.11. The summed E-state index contributed by atoms with van der Waals surface area (Å²) in [6.07, 6.45) is 0.930. The maximum Gasteiger partial charge on any atom is 0.310 e. The first-order chi connectivity index (χ1) is 10.9. The molecule has 0 spiro atoms. The van der Waals surface area contributed by atoms with Crippen LogP contribution in [-0.2, 0) is 14.3 Å². The summed E-state index contributed by atoms with van der Waals surface area (Å²) in [7, 11) is 0. The molecule has 1 aromatic carbocycles. The third kappa shape index (κ3) is 2.85. The van der Waals surface area contributed by atoms with E-state index in [2.05, 4.69) is 11.4 Å². The summed E-state index contributed by atoms with van der Waals surface area (Å²) in [5.74, 6) is -2.45. The molecule has 0 saturated carbocycles. The zero-order chi connectivity index (χ0) is 16.7. The number of carbonyl (C=O) groups is 2. The molecule has 2 fully saturated rings. The van der Waals surface area contributed by atoms with Crippen molar-refractivity contribution in [2.45, 2.75) is 51.9 Å². The van der Waals surface area contributed by atoms with Crippen LogP contribution in [0.2, 0.25) is 0 Å². The van der Waals surface area contributed by atoms with Crippen molar-refractivity contribution in [2.75, 3.05) is 0 Å². The van der Waals surface area contributed by atoms with E-state index in [1.807, 2.05) is 32.9 Å². The molecular formula is C18H23NO4. The number of amides is 1. The largest absolute Gasteiger partial charge is 0.481 e. The second kappa shape index (κ2) is 5.96. The van der Waals surface area contributed by atoms with Gasteiger partial charge in [0.1, 0.15) is 0 Å². The number of carbonyl (C=O) groups excluding carboxylic acids is 1. The Bertz CT molecular complexity index is 642. The number of hydrogen-bond acceptors (Lipinski definition) is 3. The van der Waals surface area contributed by atoms with Crippen molar-refractivity contribution in [3.63, 3.8) is 0 Å².